The van der Waals surface area contributed by atoms with Gasteiger partial charge in [-0.1, -0.05) is 18.2 Å². The third kappa shape index (κ3) is 4.51. The van der Waals surface area contributed by atoms with Crippen molar-refractivity contribution in [3.8, 4) is 11.5 Å². The molecule has 2 N–H and O–H groups in total. The molecule has 7 nitrogen and oxygen atoms in total. The van der Waals surface area contributed by atoms with Crippen molar-refractivity contribution in [3.05, 3.63) is 30.3 Å². The summed E-state index contributed by atoms with van der Waals surface area (Å²) >= 11 is 0. The van der Waals surface area contributed by atoms with E-state index in [1.54, 1.807) is 6.92 Å². The number of morpholine rings is 1. The average Bonchev–Trinajstić information content (AvgIpc) is 3.04. The van der Waals surface area contributed by atoms with Gasteiger partial charge >= 0.3 is 0 Å². The molecule has 0 saturated carbocycles. The Hall–Kier alpha value is -1.96. The number of ether oxygens (including phenoxy) is 1. The molecule has 0 bridgehead atoms. The van der Waals surface area contributed by atoms with Gasteiger partial charge < -0.3 is 19.7 Å². The van der Waals surface area contributed by atoms with Gasteiger partial charge in [-0.3, -0.25) is 4.90 Å². The summed E-state index contributed by atoms with van der Waals surface area (Å²) in [6.07, 6.45) is 0. The van der Waals surface area contributed by atoms with E-state index in [4.69, 9.17) is 9.26 Å². The minimum Gasteiger partial charge on any atom is -0.387 e. The number of aliphatic hydroxyl groups is 1. The summed E-state index contributed by atoms with van der Waals surface area (Å²) in [5.41, 5.74) is -0.0154. The molecule has 2 heterocycles. The highest BCUT2D eigenvalue weighted by molar-refractivity contribution is 5.53. The molecule has 1 aliphatic heterocycles. The Morgan fingerprint density at radius 1 is 1.26 bits per heavy atom. The zero-order chi connectivity index (χ0) is 16.1. The van der Waals surface area contributed by atoms with E-state index in [1.807, 2.05) is 30.3 Å². The van der Waals surface area contributed by atoms with Crippen LogP contribution in [0.25, 0.3) is 11.5 Å². The molecule has 1 aromatic heterocycles. The van der Waals surface area contributed by atoms with Gasteiger partial charge in [-0.25, -0.2) is 0 Å². The standard InChI is InChI=1S/C16H22N4O3/c1-16(21,12-20-7-9-22-10-8-20)11-17-15-18-14(23-19-15)13-5-3-2-4-6-13/h2-6,21H,7-12H2,1H3,(H,17,19)/t16-/m0/s1. The number of β-amino-alcohol motifs (C(OH)–C–C–N with tert-alkyl or cyclic N) is 1. The van der Waals surface area contributed by atoms with Crippen molar-refractivity contribution in [2.45, 2.75) is 12.5 Å². The molecular formula is C16H22N4O3. The molecule has 7 heteroatoms. The van der Waals surface area contributed by atoms with Crippen LogP contribution in [0.3, 0.4) is 0 Å². The molecule has 0 spiro atoms. The number of hydrogen-bond acceptors (Lipinski definition) is 7. The van der Waals surface area contributed by atoms with E-state index in [-0.39, 0.29) is 0 Å². The van der Waals surface area contributed by atoms with Crippen LogP contribution in [0.4, 0.5) is 5.95 Å². The second kappa shape index (κ2) is 7.08. The fraction of sp³-hybridized carbons (Fsp3) is 0.500. The highest BCUT2D eigenvalue weighted by Crippen LogP contribution is 2.18. The average molecular weight is 318 g/mol. The summed E-state index contributed by atoms with van der Waals surface area (Å²) in [4.78, 5) is 6.49. The van der Waals surface area contributed by atoms with Gasteiger partial charge in [0.05, 0.1) is 18.8 Å². The van der Waals surface area contributed by atoms with Crippen LogP contribution < -0.4 is 5.32 Å². The Kier molecular flexibility index (Phi) is 4.90. The maximum Gasteiger partial charge on any atom is 0.263 e. The highest BCUT2D eigenvalue weighted by Gasteiger charge is 2.25. The quantitative estimate of drug-likeness (QED) is 0.829. The number of aromatic nitrogens is 2. The van der Waals surface area contributed by atoms with Crippen molar-refractivity contribution >= 4 is 5.95 Å². The van der Waals surface area contributed by atoms with Crippen LogP contribution in [0.1, 0.15) is 6.92 Å². The van der Waals surface area contributed by atoms with Crippen molar-refractivity contribution in [1.29, 1.82) is 0 Å². The fourth-order valence-electron chi connectivity index (χ4n) is 2.56. The molecule has 1 atom stereocenters. The minimum absolute atomic E-state index is 0.345. The predicted octanol–water partition coefficient (Wildman–Crippen LogP) is 1.23. The van der Waals surface area contributed by atoms with Crippen LogP contribution in [0.15, 0.2) is 34.9 Å². The molecule has 0 radical (unpaired) electrons. The predicted molar refractivity (Wildman–Crippen MR) is 86.1 cm³/mol. The first kappa shape index (κ1) is 15.9. The first-order chi connectivity index (χ1) is 11.1. The van der Waals surface area contributed by atoms with E-state index >= 15 is 0 Å². The van der Waals surface area contributed by atoms with Gasteiger partial charge in [-0.15, -0.1) is 0 Å². The van der Waals surface area contributed by atoms with Crippen LogP contribution in [0.2, 0.25) is 0 Å². The smallest absolute Gasteiger partial charge is 0.263 e. The molecule has 23 heavy (non-hydrogen) atoms. The topological polar surface area (TPSA) is 83.7 Å². The molecule has 0 aliphatic carbocycles. The van der Waals surface area contributed by atoms with Crippen LogP contribution in [-0.4, -0.2) is 65.1 Å². The fourth-order valence-corrected chi connectivity index (χ4v) is 2.56. The number of rotatable bonds is 6. The Bertz CT molecular complexity index is 609. The SMILES string of the molecule is C[C@](O)(CNc1noc(-c2ccccc2)n1)CN1CCOCC1. The van der Waals surface area contributed by atoms with Crippen molar-refractivity contribution in [2.24, 2.45) is 0 Å². The van der Waals surface area contributed by atoms with Crippen molar-refractivity contribution in [1.82, 2.24) is 15.0 Å². The van der Waals surface area contributed by atoms with Gasteiger partial charge in [0, 0.05) is 31.7 Å². The lowest BCUT2D eigenvalue weighted by Gasteiger charge is -2.33. The summed E-state index contributed by atoms with van der Waals surface area (Å²) < 4.78 is 10.6. The van der Waals surface area contributed by atoms with Gasteiger partial charge in [0.15, 0.2) is 0 Å². The van der Waals surface area contributed by atoms with Crippen LogP contribution in [-0.2, 0) is 4.74 Å². The maximum atomic E-state index is 10.5. The first-order valence-corrected chi connectivity index (χ1v) is 7.78. The zero-order valence-corrected chi connectivity index (χ0v) is 13.2. The van der Waals surface area contributed by atoms with E-state index in [2.05, 4.69) is 20.4 Å². The van der Waals surface area contributed by atoms with Crippen molar-refractivity contribution in [2.75, 3.05) is 44.7 Å². The summed E-state index contributed by atoms with van der Waals surface area (Å²) in [6.45, 7) is 5.84. The number of hydrogen-bond donors (Lipinski definition) is 2. The third-order valence-corrected chi connectivity index (χ3v) is 3.74. The summed E-state index contributed by atoms with van der Waals surface area (Å²) in [5, 5.41) is 17.5. The molecule has 0 unspecified atom stereocenters. The number of nitrogens with one attached hydrogen (secondary N) is 1. The third-order valence-electron chi connectivity index (χ3n) is 3.74. The first-order valence-electron chi connectivity index (χ1n) is 7.78. The van der Waals surface area contributed by atoms with Crippen LogP contribution in [0.5, 0.6) is 0 Å². The number of nitrogens with zero attached hydrogens (tertiary/aromatic N) is 3. The van der Waals surface area contributed by atoms with E-state index in [0.717, 1.165) is 31.9 Å². The Morgan fingerprint density at radius 2 is 2.00 bits per heavy atom. The van der Waals surface area contributed by atoms with Gasteiger partial charge in [-0.2, -0.15) is 4.98 Å². The lowest BCUT2D eigenvalue weighted by Crippen LogP contribution is -2.49. The second-order valence-electron chi connectivity index (χ2n) is 6.03. The molecule has 1 saturated heterocycles. The van der Waals surface area contributed by atoms with Gasteiger partial charge in [-0.05, 0) is 24.2 Å². The molecule has 1 aliphatic rings. The highest BCUT2D eigenvalue weighted by atomic mass is 16.5. The summed E-state index contributed by atoms with van der Waals surface area (Å²) in [5.74, 6) is 0.840. The van der Waals surface area contributed by atoms with E-state index in [0.29, 0.717) is 24.9 Å². The number of anilines is 1. The monoisotopic (exact) mass is 318 g/mol. The normalized spacial score (nSPS) is 18.5. The minimum atomic E-state index is -0.884. The second-order valence-corrected chi connectivity index (χ2v) is 6.03. The van der Waals surface area contributed by atoms with Crippen LogP contribution >= 0.6 is 0 Å². The lowest BCUT2D eigenvalue weighted by molar-refractivity contribution is -0.0164. The summed E-state index contributed by atoms with van der Waals surface area (Å²) in [7, 11) is 0. The molecule has 0 amide bonds. The molecule has 1 aromatic carbocycles. The Labute approximate surface area is 135 Å². The molecule has 3 rings (SSSR count). The molecule has 1 fully saturated rings. The summed E-state index contributed by atoms with van der Waals surface area (Å²) in [6, 6.07) is 9.58. The van der Waals surface area contributed by atoms with Gasteiger partial charge in [0.1, 0.15) is 0 Å². The van der Waals surface area contributed by atoms with Crippen molar-refractivity contribution in [3.63, 3.8) is 0 Å². The van der Waals surface area contributed by atoms with Crippen molar-refractivity contribution < 1.29 is 14.4 Å². The van der Waals surface area contributed by atoms with E-state index < -0.39 is 5.60 Å². The maximum absolute atomic E-state index is 10.5. The largest absolute Gasteiger partial charge is 0.387 e. The van der Waals surface area contributed by atoms with E-state index in [1.165, 1.54) is 0 Å². The molecule has 2 aromatic rings. The van der Waals surface area contributed by atoms with E-state index in [9.17, 15) is 5.11 Å². The number of benzene rings is 1. The van der Waals surface area contributed by atoms with Gasteiger partial charge in [0.2, 0.25) is 0 Å². The van der Waals surface area contributed by atoms with Crippen LogP contribution in [0, 0.1) is 0 Å². The lowest BCUT2D eigenvalue weighted by atomic mass is 10.1. The Morgan fingerprint density at radius 3 is 2.74 bits per heavy atom. The Balaban J connectivity index is 1.54. The molecule has 124 valence electrons. The van der Waals surface area contributed by atoms with Gasteiger partial charge in [0.25, 0.3) is 11.8 Å². The molecular weight excluding hydrogens is 296 g/mol. The zero-order valence-electron chi connectivity index (χ0n) is 13.2.